The molecule has 0 N–H and O–H groups in total. The lowest BCUT2D eigenvalue weighted by Crippen LogP contribution is -2.65. The number of halogens is 1. The zero-order chi connectivity index (χ0) is 23.4. The molecule has 3 aliphatic rings. The Morgan fingerprint density at radius 2 is 1.82 bits per heavy atom. The van der Waals surface area contributed by atoms with E-state index in [0.717, 1.165) is 54.3 Å². The molecule has 2 aromatic carbocycles. The number of quaternary nitrogens is 1. The van der Waals surface area contributed by atoms with E-state index in [1.165, 1.54) is 22.3 Å². The van der Waals surface area contributed by atoms with E-state index in [1.807, 2.05) is 35.3 Å². The third-order valence-electron chi connectivity index (χ3n) is 7.15. The average molecular weight is 498 g/mol. The molecule has 1 amide bonds. The first-order valence-electron chi connectivity index (χ1n) is 11.9. The van der Waals surface area contributed by atoms with Gasteiger partial charge >= 0.3 is 6.09 Å². The van der Waals surface area contributed by atoms with Crippen LogP contribution in [0.15, 0.2) is 77.0 Å². The maximum absolute atomic E-state index is 14.3. The molecule has 2 bridgehead atoms. The highest BCUT2D eigenvalue weighted by Crippen LogP contribution is 2.37. The third-order valence-corrected chi connectivity index (χ3v) is 9.03. The van der Waals surface area contributed by atoms with Crippen LogP contribution in [-0.2, 0) is 11.3 Å². The molecule has 1 aromatic heterocycles. The topological polar surface area (TPSA) is 29.5 Å². The molecule has 4 heterocycles. The second-order valence-corrected chi connectivity index (χ2v) is 11.3. The molecule has 1 atom stereocenters. The Bertz CT molecular complexity index is 1090. The molecule has 0 aliphatic carbocycles. The Labute approximate surface area is 208 Å². The molecule has 0 radical (unpaired) electrons. The Morgan fingerprint density at radius 3 is 2.56 bits per heavy atom. The van der Waals surface area contributed by atoms with E-state index in [-0.39, 0.29) is 24.6 Å². The van der Waals surface area contributed by atoms with Crippen molar-refractivity contribution >= 4 is 34.2 Å². The van der Waals surface area contributed by atoms with Gasteiger partial charge < -0.3 is 9.22 Å². The van der Waals surface area contributed by atoms with Gasteiger partial charge in [0, 0.05) is 35.0 Å². The van der Waals surface area contributed by atoms with Crippen molar-refractivity contribution in [2.75, 3.05) is 36.8 Å². The number of ether oxygens (including phenoxy) is 1. The molecule has 3 aliphatic heterocycles. The van der Waals surface area contributed by atoms with Gasteiger partial charge in [-0.1, -0.05) is 36.4 Å². The predicted molar refractivity (Wildman–Crippen MR) is 137 cm³/mol. The lowest BCUT2D eigenvalue weighted by molar-refractivity contribution is -0.943. The van der Waals surface area contributed by atoms with E-state index in [4.69, 9.17) is 4.74 Å². The fourth-order valence-corrected chi connectivity index (χ4v) is 6.97. The number of hydrogen-bond donors (Lipinski definition) is 0. The van der Waals surface area contributed by atoms with E-state index >= 15 is 0 Å². The molecule has 0 spiro atoms. The van der Waals surface area contributed by atoms with Gasteiger partial charge in [-0.25, -0.2) is 9.18 Å². The van der Waals surface area contributed by atoms with Crippen molar-refractivity contribution in [1.82, 2.24) is 0 Å². The standard InChI is InChI=1S/C27H30FN2O2S2/c28-24-10-5-4-7-22(24)19-29(26-11-6-17-34-26)27(31)32-25-20-30(14-12-21(25)13-15-30)16-18-33-23-8-2-1-3-9-23/h1-11,17,21,25H,12-16,18-20H2/q+1/t21?,25-,30?/m0/s1. The van der Waals surface area contributed by atoms with Gasteiger partial charge in [-0.2, -0.15) is 0 Å². The molecular formula is C27H30FN2O2S2+. The molecule has 34 heavy (non-hydrogen) atoms. The summed E-state index contributed by atoms with van der Waals surface area (Å²) in [5.41, 5.74) is 0.489. The number of rotatable bonds is 8. The van der Waals surface area contributed by atoms with Crippen molar-refractivity contribution < 1.29 is 18.4 Å². The summed E-state index contributed by atoms with van der Waals surface area (Å²) in [5.74, 6) is 1.17. The van der Waals surface area contributed by atoms with Crippen molar-refractivity contribution in [2.24, 2.45) is 5.92 Å². The second-order valence-electron chi connectivity index (χ2n) is 9.25. The second kappa shape index (κ2) is 10.5. The van der Waals surface area contributed by atoms with E-state index < -0.39 is 0 Å². The summed E-state index contributed by atoms with van der Waals surface area (Å²) in [6.45, 7) is 4.46. The minimum absolute atomic E-state index is 0.0835. The van der Waals surface area contributed by atoms with Gasteiger partial charge in [-0.15, -0.1) is 23.1 Å². The number of nitrogens with zero attached hydrogens (tertiary/aromatic N) is 2. The summed E-state index contributed by atoms with van der Waals surface area (Å²) in [5, 5.41) is 2.70. The summed E-state index contributed by atoms with van der Waals surface area (Å²) in [6, 6.07) is 20.9. The number of benzene rings is 2. The van der Waals surface area contributed by atoms with Crippen molar-refractivity contribution in [3.63, 3.8) is 0 Å². The molecule has 4 nitrogen and oxygen atoms in total. The number of thioether (sulfide) groups is 1. The highest BCUT2D eigenvalue weighted by atomic mass is 32.2. The summed E-state index contributed by atoms with van der Waals surface area (Å²) in [4.78, 5) is 16.3. The molecule has 3 saturated heterocycles. The Kier molecular flexibility index (Phi) is 7.23. The van der Waals surface area contributed by atoms with Crippen molar-refractivity contribution in [2.45, 2.75) is 30.4 Å². The van der Waals surface area contributed by atoms with Crippen LogP contribution in [0, 0.1) is 11.7 Å². The minimum Gasteiger partial charge on any atom is -0.439 e. The van der Waals surface area contributed by atoms with E-state index in [9.17, 15) is 9.18 Å². The normalized spacial score (nSPS) is 23.6. The smallest absolute Gasteiger partial charge is 0.415 e. The van der Waals surface area contributed by atoms with Crippen LogP contribution in [0.1, 0.15) is 18.4 Å². The molecule has 6 rings (SSSR count). The van der Waals surface area contributed by atoms with Gasteiger partial charge in [0.15, 0.2) is 6.10 Å². The van der Waals surface area contributed by atoms with Crippen LogP contribution in [0.25, 0.3) is 0 Å². The fourth-order valence-electron chi connectivity index (χ4n) is 5.19. The number of fused-ring (bicyclic) bond motifs is 3. The van der Waals surface area contributed by atoms with Gasteiger partial charge in [0.1, 0.15) is 17.4 Å². The number of piperidine rings is 3. The van der Waals surface area contributed by atoms with Gasteiger partial charge in [0.2, 0.25) is 0 Å². The molecular weight excluding hydrogens is 467 g/mol. The number of anilines is 1. The molecule has 0 unspecified atom stereocenters. The Morgan fingerprint density at radius 1 is 1.06 bits per heavy atom. The maximum Gasteiger partial charge on any atom is 0.415 e. The molecule has 3 aromatic rings. The monoisotopic (exact) mass is 497 g/mol. The van der Waals surface area contributed by atoms with Crippen LogP contribution in [-0.4, -0.2) is 48.6 Å². The lowest BCUT2D eigenvalue weighted by atomic mass is 9.83. The highest BCUT2D eigenvalue weighted by Gasteiger charge is 2.47. The number of thiophene rings is 1. The highest BCUT2D eigenvalue weighted by molar-refractivity contribution is 7.99. The van der Waals surface area contributed by atoms with Crippen LogP contribution in [0.2, 0.25) is 0 Å². The van der Waals surface area contributed by atoms with Crippen LogP contribution >= 0.6 is 23.1 Å². The molecule has 0 saturated carbocycles. The minimum atomic E-state index is -0.374. The van der Waals surface area contributed by atoms with Crippen LogP contribution < -0.4 is 4.90 Å². The zero-order valence-electron chi connectivity index (χ0n) is 19.1. The SMILES string of the molecule is O=C(O[C@H]1C[N+]2(CCSc3ccccc3)CCC1CC2)N(Cc1ccccc1F)c1cccs1. The quantitative estimate of drug-likeness (QED) is 0.265. The van der Waals surface area contributed by atoms with E-state index in [0.29, 0.717) is 11.5 Å². The molecule has 7 heteroatoms. The average Bonchev–Trinajstić information content (AvgIpc) is 3.39. The van der Waals surface area contributed by atoms with Gasteiger partial charge in [0.05, 0.1) is 26.2 Å². The summed E-state index contributed by atoms with van der Waals surface area (Å²) >= 11 is 3.37. The predicted octanol–water partition coefficient (Wildman–Crippen LogP) is 6.43. The first-order valence-corrected chi connectivity index (χ1v) is 13.8. The lowest BCUT2D eigenvalue weighted by Gasteiger charge is -2.52. The third kappa shape index (κ3) is 5.32. The number of carbonyl (C=O) groups excluding carboxylic acids is 1. The number of amides is 1. The largest absolute Gasteiger partial charge is 0.439 e. The van der Waals surface area contributed by atoms with Crippen LogP contribution in [0.5, 0.6) is 0 Å². The first kappa shape index (κ1) is 23.4. The summed E-state index contributed by atoms with van der Waals surface area (Å²) in [6.07, 6.45) is 1.74. The first-order chi connectivity index (χ1) is 16.6. The van der Waals surface area contributed by atoms with Crippen LogP contribution in [0.4, 0.5) is 14.2 Å². The van der Waals surface area contributed by atoms with Gasteiger partial charge in [-0.3, -0.25) is 4.90 Å². The van der Waals surface area contributed by atoms with Crippen molar-refractivity contribution in [3.8, 4) is 0 Å². The molecule has 3 fully saturated rings. The fraction of sp³-hybridized carbons (Fsp3) is 0.370. The number of hydrogen-bond acceptors (Lipinski definition) is 4. The number of carbonyl (C=O) groups is 1. The van der Waals surface area contributed by atoms with Crippen molar-refractivity contribution in [1.29, 1.82) is 0 Å². The zero-order valence-corrected chi connectivity index (χ0v) is 20.8. The van der Waals surface area contributed by atoms with Gasteiger partial charge in [-0.05, 0) is 35.7 Å². The van der Waals surface area contributed by atoms with Gasteiger partial charge in [0.25, 0.3) is 0 Å². The summed E-state index contributed by atoms with van der Waals surface area (Å²) in [7, 11) is 0. The van der Waals surface area contributed by atoms with E-state index in [2.05, 4.69) is 24.3 Å². The summed E-state index contributed by atoms with van der Waals surface area (Å²) < 4.78 is 21.5. The van der Waals surface area contributed by atoms with Crippen molar-refractivity contribution in [3.05, 3.63) is 83.5 Å². The maximum atomic E-state index is 14.3. The van der Waals surface area contributed by atoms with E-state index in [1.54, 1.807) is 23.1 Å². The Hall–Kier alpha value is -2.35. The Balaban J connectivity index is 1.25. The molecule has 178 valence electrons. The van der Waals surface area contributed by atoms with Crippen LogP contribution in [0.3, 0.4) is 0 Å².